The van der Waals surface area contributed by atoms with Crippen LogP contribution in [0.1, 0.15) is 28.7 Å². The molecule has 2 rings (SSSR count). The number of H-pyrrole nitrogens is 1. The van der Waals surface area contributed by atoms with Crippen LogP contribution in [0.15, 0.2) is 6.08 Å². The van der Waals surface area contributed by atoms with Gasteiger partial charge < -0.3 is 4.74 Å². The third kappa shape index (κ3) is 1.67. The van der Waals surface area contributed by atoms with Gasteiger partial charge in [-0.15, -0.1) is 0 Å². The maximum absolute atomic E-state index is 11.6. The molecule has 6 heteroatoms. The van der Waals surface area contributed by atoms with E-state index in [2.05, 4.69) is 15.7 Å². The summed E-state index contributed by atoms with van der Waals surface area (Å²) in [4.78, 5) is 16.7. The van der Waals surface area contributed by atoms with E-state index in [0.717, 1.165) is 0 Å². The van der Waals surface area contributed by atoms with E-state index >= 15 is 0 Å². The van der Waals surface area contributed by atoms with Gasteiger partial charge in [0, 0.05) is 5.69 Å². The lowest BCUT2D eigenvalue weighted by Crippen LogP contribution is -2.12. The Kier molecular flexibility index (Phi) is 2.66. The molecule has 0 saturated heterocycles. The second-order valence-corrected chi connectivity index (χ2v) is 3.57. The number of esters is 1. The Labute approximate surface area is 92.6 Å². The molecule has 1 aliphatic rings. The van der Waals surface area contributed by atoms with Gasteiger partial charge in [0.15, 0.2) is 0 Å². The Balaban J connectivity index is 2.42. The number of nitrogens with one attached hydrogen (secondary N) is 2. The molecule has 0 fully saturated rings. The second kappa shape index (κ2) is 3.97. The van der Waals surface area contributed by atoms with Gasteiger partial charge in [-0.3, -0.25) is 15.4 Å². The molecule has 16 heavy (non-hydrogen) atoms. The molecule has 0 bridgehead atoms. The van der Waals surface area contributed by atoms with E-state index in [1.54, 1.807) is 6.92 Å². The first kappa shape index (κ1) is 10.7. The van der Waals surface area contributed by atoms with Crippen molar-refractivity contribution in [2.24, 2.45) is 0 Å². The van der Waals surface area contributed by atoms with Crippen LogP contribution in [0.5, 0.6) is 0 Å². The van der Waals surface area contributed by atoms with Gasteiger partial charge in [0.1, 0.15) is 17.4 Å². The van der Waals surface area contributed by atoms with E-state index in [9.17, 15) is 4.79 Å². The summed E-state index contributed by atoms with van der Waals surface area (Å²) >= 11 is 0. The Morgan fingerprint density at radius 3 is 2.94 bits per heavy atom. The lowest BCUT2D eigenvalue weighted by molar-refractivity contribution is 0.0594. The Hall–Kier alpha value is -1.82. The SMILES string of the molecule is COC(=O)c1c(C2=CC(C)ON2)n[nH]c1C. The number of carbonyl (C=O) groups excluding carboxylic acids is 1. The zero-order chi connectivity index (χ0) is 11.7. The number of aryl methyl sites for hydroxylation is 1. The molecule has 0 spiro atoms. The number of aromatic nitrogens is 2. The number of nitrogens with zero attached hydrogens (tertiary/aromatic N) is 1. The molecule has 6 nitrogen and oxygen atoms in total. The quantitative estimate of drug-likeness (QED) is 0.724. The number of methoxy groups -OCH3 is 1. The molecule has 0 amide bonds. The highest BCUT2D eigenvalue weighted by atomic mass is 16.7. The number of hydroxylamine groups is 1. The van der Waals surface area contributed by atoms with Crippen LogP contribution < -0.4 is 5.48 Å². The minimum atomic E-state index is -0.413. The van der Waals surface area contributed by atoms with Gasteiger partial charge in [-0.2, -0.15) is 5.10 Å². The number of hydrogen-bond acceptors (Lipinski definition) is 5. The minimum Gasteiger partial charge on any atom is -0.465 e. The number of carbonyl (C=O) groups is 1. The van der Waals surface area contributed by atoms with Crippen molar-refractivity contribution in [1.29, 1.82) is 0 Å². The summed E-state index contributed by atoms with van der Waals surface area (Å²) in [7, 11) is 1.34. The van der Waals surface area contributed by atoms with Crippen molar-refractivity contribution in [2.45, 2.75) is 20.0 Å². The molecule has 2 heterocycles. The molecule has 1 atom stereocenters. The van der Waals surface area contributed by atoms with E-state index < -0.39 is 5.97 Å². The van der Waals surface area contributed by atoms with Crippen LogP contribution in [0, 0.1) is 6.92 Å². The second-order valence-electron chi connectivity index (χ2n) is 3.57. The Morgan fingerprint density at radius 2 is 2.38 bits per heavy atom. The molecular formula is C10H13N3O3. The fourth-order valence-electron chi connectivity index (χ4n) is 1.56. The molecule has 1 aromatic rings. The number of rotatable bonds is 2. The topological polar surface area (TPSA) is 76.2 Å². The van der Waals surface area contributed by atoms with E-state index in [0.29, 0.717) is 22.6 Å². The molecule has 2 N–H and O–H groups in total. The highest BCUT2D eigenvalue weighted by Crippen LogP contribution is 2.22. The van der Waals surface area contributed by atoms with Gasteiger partial charge in [-0.25, -0.2) is 4.79 Å². The van der Waals surface area contributed by atoms with Crippen molar-refractivity contribution in [3.05, 3.63) is 23.0 Å². The minimum absolute atomic E-state index is 0.0440. The van der Waals surface area contributed by atoms with Gasteiger partial charge in [0.2, 0.25) is 0 Å². The largest absolute Gasteiger partial charge is 0.465 e. The summed E-state index contributed by atoms with van der Waals surface area (Å²) in [5.74, 6) is -0.413. The van der Waals surface area contributed by atoms with Crippen molar-refractivity contribution in [1.82, 2.24) is 15.7 Å². The molecule has 86 valence electrons. The first-order chi connectivity index (χ1) is 7.63. The number of aromatic amines is 1. The van der Waals surface area contributed by atoms with Crippen LogP contribution in [-0.4, -0.2) is 29.4 Å². The zero-order valence-electron chi connectivity index (χ0n) is 9.33. The fourth-order valence-corrected chi connectivity index (χ4v) is 1.56. The van der Waals surface area contributed by atoms with Crippen LogP contribution in [0.3, 0.4) is 0 Å². The van der Waals surface area contributed by atoms with E-state index in [1.807, 2.05) is 13.0 Å². The van der Waals surface area contributed by atoms with E-state index in [1.165, 1.54) is 7.11 Å². The van der Waals surface area contributed by atoms with Crippen molar-refractivity contribution in [3.63, 3.8) is 0 Å². The summed E-state index contributed by atoms with van der Waals surface area (Å²) in [6, 6.07) is 0. The standard InChI is InChI=1S/C10H13N3O3/c1-5-4-7(13-16-5)9-8(10(14)15-3)6(2)11-12-9/h4-5,13H,1-3H3,(H,11,12). The third-order valence-electron chi connectivity index (χ3n) is 2.35. The van der Waals surface area contributed by atoms with Crippen molar-refractivity contribution < 1.29 is 14.4 Å². The van der Waals surface area contributed by atoms with Crippen LogP contribution in [0.25, 0.3) is 5.70 Å². The van der Waals surface area contributed by atoms with E-state index in [4.69, 9.17) is 9.57 Å². The summed E-state index contributed by atoms with van der Waals surface area (Å²) in [6.45, 7) is 3.65. The summed E-state index contributed by atoms with van der Waals surface area (Å²) in [5.41, 5.74) is 5.03. The normalized spacial score (nSPS) is 19.2. The Bertz CT molecular complexity index is 450. The van der Waals surface area contributed by atoms with Gasteiger partial charge >= 0.3 is 5.97 Å². The van der Waals surface area contributed by atoms with Gasteiger partial charge in [0.25, 0.3) is 0 Å². The highest BCUT2D eigenvalue weighted by Gasteiger charge is 2.24. The third-order valence-corrected chi connectivity index (χ3v) is 2.35. The number of hydrogen-bond donors (Lipinski definition) is 2. The zero-order valence-corrected chi connectivity index (χ0v) is 9.33. The van der Waals surface area contributed by atoms with Crippen molar-refractivity contribution >= 4 is 11.7 Å². The van der Waals surface area contributed by atoms with E-state index in [-0.39, 0.29) is 6.10 Å². The van der Waals surface area contributed by atoms with Crippen LogP contribution in [0.4, 0.5) is 0 Å². The lowest BCUT2D eigenvalue weighted by atomic mass is 10.1. The molecule has 0 aromatic carbocycles. The maximum atomic E-state index is 11.6. The first-order valence-electron chi connectivity index (χ1n) is 4.90. The van der Waals surface area contributed by atoms with Gasteiger partial charge in [-0.05, 0) is 19.9 Å². The number of ether oxygens (including phenoxy) is 1. The molecule has 1 unspecified atom stereocenters. The van der Waals surface area contributed by atoms with Gasteiger partial charge in [-0.1, -0.05) is 0 Å². The van der Waals surface area contributed by atoms with Crippen LogP contribution >= 0.6 is 0 Å². The van der Waals surface area contributed by atoms with Crippen molar-refractivity contribution in [3.8, 4) is 0 Å². The van der Waals surface area contributed by atoms with Crippen LogP contribution in [-0.2, 0) is 9.57 Å². The summed E-state index contributed by atoms with van der Waals surface area (Å²) < 4.78 is 4.71. The molecule has 0 radical (unpaired) electrons. The molecular weight excluding hydrogens is 210 g/mol. The molecule has 0 saturated carbocycles. The molecule has 0 aliphatic carbocycles. The highest BCUT2D eigenvalue weighted by molar-refractivity contribution is 5.95. The van der Waals surface area contributed by atoms with Gasteiger partial charge in [0.05, 0.1) is 12.8 Å². The monoisotopic (exact) mass is 223 g/mol. The van der Waals surface area contributed by atoms with Crippen LogP contribution in [0.2, 0.25) is 0 Å². The average molecular weight is 223 g/mol. The summed E-state index contributed by atoms with van der Waals surface area (Å²) in [5, 5.41) is 6.82. The molecule has 1 aliphatic heterocycles. The lowest BCUT2D eigenvalue weighted by Gasteiger charge is -2.03. The summed E-state index contributed by atoms with van der Waals surface area (Å²) in [6.07, 6.45) is 1.81. The smallest absolute Gasteiger partial charge is 0.342 e. The predicted molar refractivity (Wildman–Crippen MR) is 56.3 cm³/mol. The van der Waals surface area contributed by atoms with Crippen molar-refractivity contribution in [2.75, 3.05) is 7.11 Å². The first-order valence-corrected chi connectivity index (χ1v) is 4.90. The average Bonchev–Trinajstić information content (AvgIpc) is 2.83. The Morgan fingerprint density at radius 1 is 1.62 bits per heavy atom. The fraction of sp³-hybridized carbons (Fsp3) is 0.400. The molecule has 1 aromatic heterocycles. The maximum Gasteiger partial charge on any atom is 0.342 e. The predicted octanol–water partition coefficient (Wildman–Crippen LogP) is 0.769.